The average molecular weight is 365 g/mol. The van der Waals surface area contributed by atoms with E-state index in [1.807, 2.05) is 12.2 Å². The molecule has 1 aliphatic carbocycles. The highest BCUT2D eigenvalue weighted by atomic mass is 19.1. The Kier molecular flexibility index (Phi) is 4.62. The Bertz CT molecular complexity index is 1000. The van der Waals surface area contributed by atoms with Crippen molar-refractivity contribution in [1.29, 1.82) is 0 Å². The van der Waals surface area contributed by atoms with E-state index in [0.29, 0.717) is 16.8 Å². The standard InChI is InChI=1S/C21H20FN3O2/c1-27-20-16(21(26)23-15-3-2-4-15)10-12-18-19(20)17(24-25-18)11-7-13-5-8-14(22)9-6-13/h5-12,15H,2-4H2,1H3,(H,23,26)(H,24,25)/b11-7+. The van der Waals surface area contributed by atoms with Gasteiger partial charge in [0.25, 0.3) is 5.91 Å². The number of amides is 1. The van der Waals surface area contributed by atoms with Crippen molar-refractivity contribution in [3.05, 3.63) is 59.0 Å². The van der Waals surface area contributed by atoms with E-state index in [-0.39, 0.29) is 17.8 Å². The molecule has 6 heteroatoms. The summed E-state index contributed by atoms with van der Waals surface area (Å²) in [6.45, 7) is 0. The first-order valence-electron chi connectivity index (χ1n) is 8.95. The molecule has 5 nitrogen and oxygen atoms in total. The Hall–Kier alpha value is -3.15. The number of hydrogen-bond donors (Lipinski definition) is 2. The van der Waals surface area contributed by atoms with Gasteiger partial charge in [-0.2, -0.15) is 5.10 Å². The molecular weight excluding hydrogens is 345 g/mol. The first-order chi connectivity index (χ1) is 13.2. The van der Waals surface area contributed by atoms with Gasteiger partial charge in [0, 0.05) is 6.04 Å². The van der Waals surface area contributed by atoms with E-state index in [0.717, 1.165) is 35.9 Å². The predicted octanol–water partition coefficient (Wildman–Crippen LogP) is 4.16. The third kappa shape index (κ3) is 3.43. The maximum atomic E-state index is 13.1. The van der Waals surface area contributed by atoms with Gasteiger partial charge in [0.05, 0.1) is 29.3 Å². The molecule has 0 bridgehead atoms. The highest BCUT2D eigenvalue weighted by molar-refractivity contribution is 6.05. The Morgan fingerprint density at radius 1 is 1.22 bits per heavy atom. The van der Waals surface area contributed by atoms with Gasteiger partial charge < -0.3 is 10.1 Å². The summed E-state index contributed by atoms with van der Waals surface area (Å²) < 4.78 is 18.6. The fraction of sp³-hybridized carbons (Fsp3) is 0.238. The second-order valence-electron chi connectivity index (χ2n) is 6.66. The lowest BCUT2D eigenvalue weighted by atomic mass is 9.93. The van der Waals surface area contributed by atoms with E-state index in [9.17, 15) is 9.18 Å². The molecule has 1 saturated carbocycles. The van der Waals surface area contributed by atoms with Crippen molar-refractivity contribution in [3.63, 3.8) is 0 Å². The number of nitrogens with zero attached hydrogens (tertiary/aromatic N) is 1. The lowest BCUT2D eigenvalue weighted by Gasteiger charge is -2.26. The molecule has 0 spiro atoms. The van der Waals surface area contributed by atoms with Crippen LogP contribution >= 0.6 is 0 Å². The van der Waals surface area contributed by atoms with Crippen LogP contribution in [-0.2, 0) is 0 Å². The highest BCUT2D eigenvalue weighted by Crippen LogP contribution is 2.32. The molecule has 2 N–H and O–H groups in total. The van der Waals surface area contributed by atoms with Crippen LogP contribution in [0, 0.1) is 5.82 Å². The zero-order chi connectivity index (χ0) is 18.8. The molecule has 0 radical (unpaired) electrons. The minimum absolute atomic E-state index is 0.131. The molecule has 138 valence electrons. The van der Waals surface area contributed by atoms with Gasteiger partial charge in [-0.15, -0.1) is 0 Å². The Balaban J connectivity index is 1.70. The Labute approximate surface area is 156 Å². The molecule has 1 heterocycles. The van der Waals surface area contributed by atoms with Gasteiger partial charge in [-0.05, 0) is 55.2 Å². The average Bonchev–Trinajstić information content (AvgIpc) is 3.06. The Morgan fingerprint density at radius 3 is 2.67 bits per heavy atom. The van der Waals surface area contributed by atoms with E-state index >= 15 is 0 Å². The molecule has 4 rings (SSSR count). The van der Waals surface area contributed by atoms with Crippen molar-refractivity contribution in [1.82, 2.24) is 15.5 Å². The monoisotopic (exact) mass is 365 g/mol. The third-order valence-electron chi connectivity index (χ3n) is 4.90. The van der Waals surface area contributed by atoms with Crippen LogP contribution in [0.25, 0.3) is 23.1 Å². The zero-order valence-electron chi connectivity index (χ0n) is 15.0. The van der Waals surface area contributed by atoms with Crippen LogP contribution in [0.1, 0.15) is 40.9 Å². The number of nitrogens with one attached hydrogen (secondary N) is 2. The van der Waals surface area contributed by atoms with Crippen molar-refractivity contribution < 1.29 is 13.9 Å². The van der Waals surface area contributed by atoms with Crippen LogP contribution in [0.4, 0.5) is 4.39 Å². The molecule has 3 aromatic rings. The largest absolute Gasteiger partial charge is 0.495 e. The minimum Gasteiger partial charge on any atom is -0.495 e. The third-order valence-corrected chi connectivity index (χ3v) is 4.90. The lowest BCUT2D eigenvalue weighted by Crippen LogP contribution is -2.39. The molecule has 1 aliphatic rings. The molecule has 1 fully saturated rings. The van der Waals surface area contributed by atoms with Crippen molar-refractivity contribution >= 4 is 29.0 Å². The van der Waals surface area contributed by atoms with Crippen LogP contribution in [-0.4, -0.2) is 29.3 Å². The summed E-state index contributed by atoms with van der Waals surface area (Å²) in [5, 5.41) is 11.1. The second kappa shape index (κ2) is 7.23. The van der Waals surface area contributed by atoms with E-state index < -0.39 is 0 Å². The number of halogens is 1. The fourth-order valence-electron chi connectivity index (χ4n) is 3.18. The molecule has 0 aliphatic heterocycles. The second-order valence-corrected chi connectivity index (χ2v) is 6.66. The maximum absolute atomic E-state index is 13.1. The molecule has 0 atom stereocenters. The van der Waals surface area contributed by atoms with E-state index in [1.54, 1.807) is 31.4 Å². The molecule has 1 amide bonds. The molecule has 2 aromatic carbocycles. The number of carbonyl (C=O) groups is 1. The number of hydrogen-bond acceptors (Lipinski definition) is 3. The van der Waals surface area contributed by atoms with E-state index in [2.05, 4.69) is 15.5 Å². The molecule has 0 saturated heterocycles. The summed E-state index contributed by atoms with van der Waals surface area (Å²) in [5.41, 5.74) is 2.79. The van der Waals surface area contributed by atoms with Gasteiger partial charge in [-0.3, -0.25) is 9.89 Å². The number of aromatic amines is 1. The van der Waals surface area contributed by atoms with Crippen LogP contribution in [0.3, 0.4) is 0 Å². The molecule has 27 heavy (non-hydrogen) atoms. The maximum Gasteiger partial charge on any atom is 0.255 e. The summed E-state index contributed by atoms with van der Waals surface area (Å²) in [7, 11) is 1.55. The number of carbonyl (C=O) groups excluding carboxylic acids is 1. The summed E-state index contributed by atoms with van der Waals surface area (Å²) in [6, 6.07) is 10.0. The lowest BCUT2D eigenvalue weighted by molar-refractivity contribution is 0.0914. The molecular formula is C21H20FN3O2. The van der Waals surface area contributed by atoms with Crippen LogP contribution in [0.2, 0.25) is 0 Å². The van der Waals surface area contributed by atoms with Gasteiger partial charge in [-0.25, -0.2) is 4.39 Å². The molecule has 0 unspecified atom stereocenters. The van der Waals surface area contributed by atoms with Crippen molar-refractivity contribution in [2.75, 3.05) is 7.11 Å². The summed E-state index contributed by atoms with van der Waals surface area (Å²) in [5.74, 6) is 0.0906. The number of fused-ring (bicyclic) bond motifs is 1. The van der Waals surface area contributed by atoms with E-state index in [4.69, 9.17) is 4.74 Å². The van der Waals surface area contributed by atoms with Crippen LogP contribution in [0.5, 0.6) is 5.75 Å². The topological polar surface area (TPSA) is 67.0 Å². The van der Waals surface area contributed by atoms with Crippen molar-refractivity contribution in [2.24, 2.45) is 0 Å². The molecule has 1 aromatic heterocycles. The summed E-state index contributed by atoms with van der Waals surface area (Å²) >= 11 is 0. The van der Waals surface area contributed by atoms with Crippen LogP contribution in [0.15, 0.2) is 36.4 Å². The number of rotatable bonds is 5. The predicted molar refractivity (Wildman–Crippen MR) is 103 cm³/mol. The van der Waals surface area contributed by atoms with Crippen molar-refractivity contribution in [3.8, 4) is 5.75 Å². The van der Waals surface area contributed by atoms with Gasteiger partial charge in [-0.1, -0.05) is 18.2 Å². The first kappa shape index (κ1) is 17.3. The zero-order valence-corrected chi connectivity index (χ0v) is 15.0. The minimum atomic E-state index is -0.275. The van der Waals surface area contributed by atoms with Gasteiger partial charge in [0.2, 0.25) is 0 Å². The van der Waals surface area contributed by atoms with Gasteiger partial charge in [0.15, 0.2) is 0 Å². The number of benzene rings is 2. The Morgan fingerprint density at radius 2 is 2.00 bits per heavy atom. The summed E-state index contributed by atoms with van der Waals surface area (Å²) in [6.07, 6.45) is 6.90. The van der Waals surface area contributed by atoms with Crippen LogP contribution < -0.4 is 10.1 Å². The fourth-order valence-corrected chi connectivity index (χ4v) is 3.18. The van der Waals surface area contributed by atoms with Gasteiger partial charge >= 0.3 is 0 Å². The first-order valence-corrected chi connectivity index (χ1v) is 8.95. The van der Waals surface area contributed by atoms with E-state index in [1.165, 1.54) is 12.1 Å². The quantitative estimate of drug-likeness (QED) is 0.713. The van der Waals surface area contributed by atoms with Crippen molar-refractivity contribution in [2.45, 2.75) is 25.3 Å². The number of H-pyrrole nitrogens is 1. The number of ether oxygens (including phenoxy) is 1. The number of aromatic nitrogens is 2. The SMILES string of the molecule is COc1c(C(=O)NC2CCC2)ccc2n[nH]c(/C=C/c3ccc(F)cc3)c12. The number of methoxy groups -OCH3 is 1. The normalized spacial score (nSPS) is 14.4. The smallest absolute Gasteiger partial charge is 0.255 e. The highest BCUT2D eigenvalue weighted by Gasteiger charge is 2.23. The van der Waals surface area contributed by atoms with Gasteiger partial charge in [0.1, 0.15) is 11.6 Å². The summed E-state index contributed by atoms with van der Waals surface area (Å²) in [4.78, 5) is 12.6.